The number of amides is 2. The fourth-order valence-corrected chi connectivity index (χ4v) is 9.12. The van der Waals surface area contributed by atoms with E-state index < -0.39 is 0 Å². The molecule has 0 spiro atoms. The summed E-state index contributed by atoms with van der Waals surface area (Å²) < 4.78 is 0. The molecule has 2 amide bonds. The van der Waals surface area contributed by atoms with E-state index in [9.17, 15) is 9.59 Å². The second kappa shape index (κ2) is 16.0. The van der Waals surface area contributed by atoms with E-state index in [1.807, 2.05) is 30.3 Å². The Balaban J connectivity index is 0.000000152. The van der Waals surface area contributed by atoms with Crippen molar-refractivity contribution in [2.75, 3.05) is 88.3 Å². The highest BCUT2D eigenvalue weighted by Gasteiger charge is 2.38. The van der Waals surface area contributed by atoms with Crippen LogP contribution < -0.4 is 9.80 Å². The number of pyridine rings is 1. The molecule has 10 nitrogen and oxygen atoms in total. The molecule has 0 radical (unpaired) electrons. The van der Waals surface area contributed by atoms with E-state index in [1.54, 1.807) is 0 Å². The number of rotatable bonds is 6. The number of anilines is 2. The Hall–Kier alpha value is -4.20. The van der Waals surface area contributed by atoms with Gasteiger partial charge in [0.1, 0.15) is 0 Å². The van der Waals surface area contributed by atoms with E-state index in [2.05, 4.69) is 71.6 Å². The van der Waals surface area contributed by atoms with Gasteiger partial charge >= 0.3 is 0 Å². The Bertz CT molecular complexity index is 1780. The first-order valence-electron chi connectivity index (χ1n) is 20.4. The second-order valence-electron chi connectivity index (χ2n) is 16.2. The van der Waals surface area contributed by atoms with Crippen molar-refractivity contribution >= 4 is 34.1 Å². The third-order valence-corrected chi connectivity index (χ3v) is 12.4. The highest BCUT2D eigenvalue weighted by molar-refractivity contribution is 5.92. The number of hydrogen-bond donors (Lipinski definition) is 0. The van der Waals surface area contributed by atoms with E-state index in [0.29, 0.717) is 17.4 Å². The van der Waals surface area contributed by atoms with Crippen molar-refractivity contribution in [2.45, 2.75) is 70.4 Å². The minimum Gasteiger partial charge on any atom is -0.368 e. The van der Waals surface area contributed by atoms with Gasteiger partial charge in [0.25, 0.3) is 0 Å². The number of nitriles is 1. The lowest BCUT2D eigenvalue weighted by atomic mass is 9.96. The maximum Gasteiger partial charge on any atom is 0.227 e. The van der Waals surface area contributed by atoms with E-state index in [4.69, 9.17) is 5.26 Å². The molecular formula is C43H56N8O2. The number of carbonyl (C=O) groups is 2. The van der Waals surface area contributed by atoms with E-state index in [1.165, 1.54) is 56.3 Å². The van der Waals surface area contributed by atoms with Crippen LogP contribution in [-0.4, -0.2) is 127 Å². The summed E-state index contributed by atoms with van der Waals surface area (Å²) in [6.45, 7) is 13.2. The number of carbonyl (C=O) groups excluding carboxylic acids is 2. The normalized spacial score (nSPS) is 24.4. The van der Waals surface area contributed by atoms with Gasteiger partial charge in [-0.2, -0.15) is 5.26 Å². The van der Waals surface area contributed by atoms with Gasteiger partial charge in [0.05, 0.1) is 29.0 Å². The summed E-state index contributed by atoms with van der Waals surface area (Å²) in [5, 5.41) is 10.1. The van der Waals surface area contributed by atoms with Gasteiger partial charge in [-0.1, -0.05) is 18.2 Å². The molecule has 3 aromatic rings. The smallest absolute Gasteiger partial charge is 0.227 e. The van der Waals surface area contributed by atoms with Gasteiger partial charge in [-0.05, 0) is 108 Å². The summed E-state index contributed by atoms with van der Waals surface area (Å²) in [5.74, 6) is 1.17. The first kappa shape index (κ1) is 35.8. The number of fused-ring (bicyclic) bond motifs is 1. The Morgan fingerprint density at radius 2 is 1.19 bits per heavy atom. The number of piperazine rings is 2. The minimum atomic E-state index is 0.204. The van der Waals surface area contributed by atoms with Crippen molar-refractivity contribution in [2.24, 2.45) is 11.8 Å². The molecule has 10 heteroatoms. The number of piperidine rings is 2. The van der Waals surface area contributed by atoms with E-state index >= 15 is 0 Å². The molecule has 2 aliphatic carbocycles. The highest BCUT2D eigenvalue weighted by atomic mass is 16.2. The lowest BCUT2D eigenvalue weighted by Gasteiger charge is -2.40. The molecule has 53 heavy (non-hydrogen) atoms. The third kappa shape index (κ3) is 8.47. The molecule has 5 heterocycles. The number of likely N-dealkylation sites (tertiary alicyclic amines) is 2. The Kier molecular flexibility index (Phi) is 10.8. The van der Waals surface area contributed by atoms with Crippen LogP contribution in [0.25, 0.3) is 10.9 Å². The van der Waals surface area contributed by atoms with Crippen molar-refractivity contribution in [3.05, 3.63) is 65.9 Å². The summed E-state index contributed by atoms with van der Waals surface area (Å²) in [6.07, 6.45) is 9.77. The standard InChI is InChI=1S/C23H30N4O.C20H26N4O/c1-17-15-22(20-6-2-3-7-21(20)24-17)25-11-13-26(14-12-25)23(28)18-5-4-10-27(16-18)19-8-9-19;21-14-16-3-5-18(6-4-16)22-10-12-23(13-11-22)20(25)17-2-1-9-24(15-17)19-7-8-19/h2-3,6-7,15,18-19H,4-5,8-14,16H2,1H3;3-6,17,19H,1-2,7-13,15H2. The topological polar surface area (TPSA) is 90.3 Å². The molecule has 2 unspecified atom stereocenters. The lowest BCUT2D eigenvalue weighted by molar-refractivity contribution is -0.138. The van der Waals surface area contributed by atoms with Crippen LogP contribution in [0.4, 0.5) is 11.4 Å². The molecule has 4 aliphatic heterocycles. The van der Waals surface area contributed by atoms with Gasteiger partial charge in [-0.15, -0.1) is 0 Å². The minimum absolute atomic E-state index is 0.204. The van der Waals surface area contributed by atoms with Crippen molar-refractivity contribution in [1.82, 2.24) is 24.6 Å². The SMILES string of the molecule is Cc1cc(N2CCN(C(=O)C3CCCN(C4CC4)C3)CC2)c2ccccc2n1.N#Cc1ccc(N2CCN(C(=O)C3CCCN(C4CC4)C3)CC2)cc1. The summed E-state index contributed by atoms with van der Waals surface area (Å²) >= 11 is 0. The fourth-order valence-electron chi connectivity index (χ4n) is 9.12. The van der Waals surface area contributed by atoms with Crippen LogP contribution in [0.5, 0.6) is 0 Å². The predicted octanol–water partition coefficient (Wildman–Crippen LogP) is 5.15. The van der Waals surface area contributed by atoms with Crippen LogP contribution in [0.2, 0.25) is 0 Å². The zero-order chi connectivity index (χ0) is 36.3. The zero-order valence-corrected chi connectivity index (χ0v) is 31.5. The summed E-state index contributed by atoms with van der Waals surface area (Å²) in [6, 6.07) is 22.0. The number of hydrogen-bond acceptors (Lipinski definition) is 8. The van der Waals surface area contributed by atoms with Crippen LogP contribution in [0, 0.1) is 30.1 Å². The molecular weight excluding hydrogens is 661 g/mol. The summed E-state index contributed by atoms with van der Waals surface area (Å²) in [4.78, 5) is 44.7. The van der Waals surface area contributed by atoms with Crippen LogP contribution in [-0.2, 0) is 9.59 Å². The molecule has 6 fully saturated rings. The molecule has 0 bridgehead atoms. The molecule has 6 aliphatic rings. The van der Waals surface area contributed by atoms with Gasteiger partial charge in [-0.3, -0.25) is 24.4 Å². The number of aromatic nitrogens is 1. The summed E-state index contributed by atoms with van der Waals surface area (Å²) in [7, 11) is 0. The predicted molar refractivity (Wildman–Crippen MR) is 210 cm³/mol. The molecule has 2 aromatic carbocycles. The molecule has 0 N–H and O–H groups in total. The van der Waals surface area contributed by atoms with Crippen LogP contribution >= 0.6 is 0 Å². The molecule has 280 valence electrons. The quantitative estimate of drug-likeness (QED) is 0.347. The summed E-state index contributed by atoms with van der Waals surface area (Å²) in [5.41, 5.74) is 5.19. The Morgan fingerprint density at radius 3 is 1.72 bits per heavy atom. The van der Waals surface area contributed by atoms with Gasteiger partial charge in [-0.25, -0.2) is 0 Å². The van der Waals surface area contributed by atoms with Gasteiger partial charge < -0.3 is 19.6 Å². The second-order valence-corrected chi connectivity index (χ2v) is 16.2. The third-order valence-electron chi connectivity index (χ3n) is 12.4. The Morgan fingerprint density at radius 1 is 0.660 bits per heavy atom. The van der Waals surface area contributed by atoms with Crippen molar-refractivity contribution in [3.63, 3.8) is 0 Å². The van der Waals surface area contributed by atoms with E-state index in [0.717, 1.165) is 114 Å². The average Bonchev–Trinajstić information content (AvgIpc) is 4.15. The van der Waals surface area contributed by atoms with Gasteiger partial charge in [0, 0.05) is 100.0 Å². The first-order chi connectivity index (χ1) is 25.9. The number of benzene rings is 2. The number of para-hydroxylation sites is 1. The van der Waals surface area contributed by atoms with E-state index in [-0.39, 0.29) is 11.8 Å². The molecule has 1 aromatic heterocycles. The maximum absolute atomic E-state index is 13.1. The highest BCUT2D eigenvalue weighted by Crippen LogP contribution is 2.33. The van der Waals surface area contributed by atoms with Crippen LogP contribution in [0.3, 0.4) is 0 Å². The van der Waals surface area contributed by atoms with Crippen molar-refractivity contribution < 1.29 is 9.59 Å². The van der Waals surface area contributed by atoms with Gasteiger partial charge in [0.2, 0.25) is 11.8 Å². The fraction of sp³-hybridized carbons (Fsp3) is 0.581. The first-order valence-corrected chi connectivity index (χ1v) is 20.4. The average molecular weight is 717 g/mol. The molecule has 9 rings (SSSR count). The van der Waals surface area contributed by atoms with Crippen LogP contribution in [0.15, 0.2) is 54.6 Å². The largest absolute Gasteiger partial charge is 0.368 e. The molecule has 2 saturated carbocycles. The van der Waals surface area contributed by atoms with Crippen LogP contribution in [0.1, 0.15) is 62.6 Å². The molecule has 2 atom stereocenters. The van der Waals surface area contributed by atoms with Crippen molar-refractivity contribution in [1.29, 1.82) is 5.26 Å². The van der Waals surface area contributed by atoms with Crippen molar-refractivity contribution in [3.8, 4) is 6.07 Å². The Labute approximate surface area is 315 Å². The lowest BCUT2D eigenvalue weighted by Crippen LogP contribution is -2.52. The number of nitrogens with zero attached hydrogens (tertiary/aromatic N) is 8. The zero-order valence-electron chi connectivity index (χ0n) is 31.5. The maximum atomic E-state index is 13.1. The monoisotopic (exact) mass is 716 g/mol. The molecule has 4 saturated heterocycles. The van der Waals surface area contributed by atoms with Gasteiger partial charge in [0.15, 0.2) is 0 Å². The number of aryl methyl sites for hydroxylation is 1.